The number of nitrogen functional groups attached to an aromatic ring is 1. The van der Waals surface area contributed by atoms with E-state index in [9.17, 15) is 13.6 Å². The fourth-order valence-corrected chi connectivity index (χ4v) is 2.31. The molecular formula is C15H13BrF2N2O. The van der Waals surface area contributed by atoms with Crippen LogP contribution in [0.2, 0.25) is 0 Å². The van der Waals surface area contributed by atoms with E-state index in [0.29, 0.717) is 11.4 Å². The Morgan fingerprint density at radius 1 is 1.29 bits per heavy atom. The van der Waals surface area contributed by atoms with Crippen molar-refractivity contribution in [1.82, 2.24) is 0 Å². The van der Waals surface area contributed by atoms with Gasteiger partial charge in [0, 0.05) is 17.1 Å². The molecule has 2 aromatic rings. The Balaban J connectivity index is 2.22. The van der Waals surface area contributed by atoms with Crippen LogP contribution in [0.5, 0.6) is 0 Å². The summed E-state index contributed by atoms with van der Waals surface area (Å²) in [6.07, 6.45) is -0.240. The first-order chi connectivity index (χ1) is 9.90. The number of benzene rings is 2. The number of hydrogen-bond acceptors (Lipinski definition) is 2. The summed E-state index contributed by atoms with van der Waals surface area (Å²) in [6, 6.07) is 8.86. The van der Waals surface area contributed by atoms with Crippen molar-refractivity contribution in [2.75, 3.05) is 17.7 Å². The van der Waals surface area contributed by atoms with Crippen LogP contribution in [-0.2, 0) is 11.2 Å². The van der Waals surface area contributed by atoms with E-state index in [4.69, 9.17) is 5.73 Å². The molecule has 3 nitrogen and oxygen atoms in total. The molecule has 0 fully saturated rings. The Labute approximate surface area is 129 Å². The Morgan fingerprint density at radius 2 is 2.00 bits per heavy atom. The predicted octanol–water partition coefficient (Wildman–Crippen LogP) is 3.52. The second-order valence-electron chi connectivity index (χ2n) is 4.55. The molecule has 110 valence electrons. The quantitative estimate of drug-likeness (QED) is 0.857. The van der Waals surface area contributed by atoms with E-state index in [0.717, 1.165) is 10.5 Å². The van der Waals surface area contributed by atoms with Crippen LogP contribution in [0.4, 0.5) is 20.2 Å². The van der Waals surface area contributed by atoms with Gasteiger partial charge in [-0.15, -0.1) is 0 Å². The van der Waals surface area contributed by atoms with E-state index in [1.54, 1.807) is 25.2 Å². The highest BCUT2D eigenvalue weighted by atomic mass is 79.9. The summed E-state index contributed by atoms with van der Waals surface area (Å²) in [6.45, 7) is 0. The van der Waals surface area contributed by atoms with Crippen LogP contribution in [0.3, 0.4) is 0 Å². The van der Waals surface area contributed by atoms with Crippen molar-refractivity contribution in [2.45, 2.75) is 6.42 Å². The second kappa shape index (κ2) is 6.22. The molecule has 0 saturated heterocycles. The molecule has 0 aromatic heterocycles. The van der Waals surface area contributed by atoms with E-state index < -0.39 is 11.6 Å². The van der Waals surface area contributed by atoms with Crippen molar-refractivity contribution in [3.8, 4) is 0 Å². The smallest absolute Gasteiger partial charge is 0.231 e. The normalized spacial score (nSPS) is 10.5. The number of anilines is 2. The third-order valence-corrected chi connectivity index (χ3v) is 3.59. The van der Waals surface area contributed by atoms with Crippen LogP contribution in [0.25, 0.3) is 0 Å². The van der Waals surface area contributed by atoms with E-state index in [-0.39, 0.29) is 17.9 Å². The molecule has 0 aliphatic heterocycles. The lowest BCUT2D eigenvalue weighted by Crippen LogP contribution is -2.29. The van der Waals surface area contributed by atoms with Gasteiger partial charge in [-0.25, -0.2) is 8.78 Å². The van der Waals surface area contributed by atoms with E-state index in [2.05, 4.69) is 15.9 Å². The highest BCUT2D eigenvalue weighted by Crippen LogP contribution is 2.26. The van der Waals surface area contributed by atoms with Gasteiger partial charge in [0.25, 0.3) is 0 Å². The van der Waals surface area contributed by atoms with E-state index in [1.165, 1.54) is 17.0 Å². The van der Waals surface area contributed by atoms with Gasteiger partial charge in [-0.2, -0.15) is 0 Å². The Hall–Kier alpha value is -1.95. The standard InChI is InChI=1S/C15H13BrF2N2O/c1-20(13-6-5-10(16)8-12(13)19)14(21)7-9-3-2-4-11(17)15(9)18/h2-6,8H,7,19H2,1H3. The monoisotopic (exact) mass is 354 g/mol. The van der Waals surface area contributed by atoms with Crippen molar-refractivity contribution >= 4 is 33.2 Å². The van der Waals surface area contributed by atoms with Crippen LogP contribution in [0.1, 0.15) is 5.56 Å². The van der Waals surface area contributed by atoms with Crippen molar-refractivity contribution in [3.05, 3.63) is 58.1 Å². The number of rotatable bonds is 3. The van der Waals surface area contributed by atoms with Crippen LogP contribution in [0.15, 0.2) is 40.9 Å². The summed E-state index contributed by atoms with van der Waals surface area (Å²) in [5.41, 5.74) is 6.80. The topological polar surface area (TPSA) is 46.3 Å². The minimum Gasteiger partial charge on any atom is -0.397 e. The summed E-state index contributed by atoms with van der Waals surface area (Å²) in [5.74, 6) is -2.34. The zero-order chi connectivity index (χ0) is 15.6. The van der Waals surface area contributed by atoms with Crippen LogP contribution in [0, 0.1) is 11.6 Å². The number of amides is 1. The van der Waals surface area contributed by atoms with Gasteiger partial charge in [0.2, 0.25) is 5.91 Å². The largest absolute Gasteiger partial charge is 0.397 e. The maximum atomic E-state index is 13.6. The van der Waals surface area contributed by atoms with Gasteiger partial charge in [0.15, 0.2) is 11.6 Å². The minimum atomic E-state index is -0.997. The van der Waals surface area contributed by atoms with Crippen LogP contribution in [-0.4, -0.2) is 13.0 Å². The third-order valence-electron chi connectivity index (χ3n) is 3.10. The summed E-state index contributed by atoms with van der Waals surface area (Å²) < 4.78 is 27.5. The second-order valence-corrected chi connectivity index (χ2v) is 5.46. The summed E-state index contributed by atoms with van der Waals surface area (Å²) in [7, 11) is 1.54. The van der Waals surface area contributed by atoms with Gasteiger partial charge in [-0.05, 0) is 24.3 Å². The Bertz CT molecular complexity index is 691. The molecule has 0 atom stereocenters. The molecule has 2 rings (SSSR count). The zero-order valence-electron chi connectivity index (χ0n) is 11.2. The Kier molecular flexibility index (Phi) is 4.57. The summed E-state index contributed by atoms with van der Waals surface area (Å²) in [4.78, 5) is 13.5. The lowest BCUT2D eigenvalue weighted by atomic mass is 10.1. The highest BCUT2D eigenvalue weighted by Gasteiger charge is 2.17. The lowest BCUT2D eigenvalue weighted by Gasteiger charge is -2.19. The van der Waals surface area contributed by atoms with Gasteiger partial charge >= 0.3 is 0 Å². The number of nitrogens with two attached hydrogens (primary N) is 1. The maximum Gasteiger partial charge on any atom is 0.231 e. The molecule has 0 bridgehead atoms. The number of nitrogens with zero attached hydrogens (tertiary/aromatic N) is 1. The minimum absolute atomic E-state index is 0.0162. The van der Waals surface area contributed by atoms with E-state index >= 15 is 0 Å². The molecule has 0 unspecified atom stereocenters. The van der Waals surface area contributed by atoms with E-state index in [1.807, 2.05) is 0 Å². The van der Waals surface area contributed by atoms with Gasteiger partial charge in [0.1, 0.15) is 0 Å². The summed E-state index contributed by atoms with van der Waals surface area (Å²) >= 11 is 3.28. The molecule has 0 aliphatic carbocycles. The number of halogens is 3. The lowest BCUT2D eigenvalue weighted by molar-refractivity contribution is -0.117. The first-order valence-corrected chi connectivity index (χ1v) is 6.94. The molecule has 0 heterocycles. The molecule has 0 spiro atoms. The number of carbonyl (C=O) groups excluding carboxylic acids is 1. The first-order valence-electron chi connectivity index (χ1n) is 6.14. The van der Waals surface area contributed by atoms with Crippen molar-refractivity contribution < 1.29 is 13.6 Å². The molecule has 2 N–H and O–H groups in total. The molecule has 0 radical (unpaired) electrons. The fraction of sp³-hybridized carbons (Fsp3) is 0.133. The first kappa shape index (κ1) is 15.4. The molecule has 0 saturated carbocycles. The highest BCUT2D eigenvalue weighted by molar-refractivity contribution is 9.10. The van der Waals surface area contributed by atoms with Gasteiger partial charge in [-0.1, -0.05) is 28.1 Å². The number of hydrogen-bond donors (Lipinski definition) is 1. The van der Waals surface area contributed by atoms with Crippen molar-refractivity contribution in [3.63, 3.8) is 0 Å². The fourth-order valence-electron chi connectivity index (χ4n) is 1.93. The SMILES string of the molecule is CN(C(=O)Cc1cccc(F)c1F)c1ccc(Br)cc1N. The van der Waals surface area contributed by atoms with Gasteiger partial charge in [-0.3, -0.25) is 4.79 Å². The maximum absolute atomic E-state index is 13.6. The third kappa shape index (κ3) is 3.39. The average Bonchev–Trinajstić information content (AvgIpc) is 2.43. The average molecular weight is 355 g/mol. The Morgan fingerprint density at radius 3 is 2.67 bits per heavy atom. The molecule has 2 aromatic carbocycles. The molecular weight excluding hydrogens is 342 g/mol. The van der Waals surface area contributed by atoms with Gasteiger partial charge < -0.3 is 10.6 Å². The van der Waals surface area contributed by atoms with Crippen molar-refractivity contribution in [1.29, 1.82) is 0 Å². The molecule has 21 heavy (non-hydrogen) atoms. The van der Waals surface area contributed by atoms with Crippen molar-refractivity contribution in [2.24, 2.45) is 0 Å². The van der Waals surface area contributed by atoms with Gasteiger partial charge in [0.05, 0.1) is 17.8 Å². The molecule has 6 heteroatoms. The number of carbonyl (C=O) groups is 1. The molecule has 0 aliphatic rings. The molecule has 1 amide bonds. The van der Waals surface area contributed by atoms with Crippen LogP contribution >= 0.6 is 15.9 Å². The number of likely N-dealkylation sites (N-methyl/N-ethyl adjacent to an activating group) is 1. The zero-order valence-corrected chi connectivity index (χ0v) is 12.8. The summed E-state index contributed by atoms with van der Waals surface area (Å²) in [5, 5.41) is 0. The predicted molar refractivity (Wildman–Crippen MR) is 82.0 cm³/mol. The van der Waals surface area contributed by atoms with Crippen LogP contribution < -0.4 is 10.6 Å².